The fourth-order valence-corrected chi connectivity index (χ4v) is 4.25. The van der Waals surface area contributed by atoms with Gasteiger partial charge in [0.25, 0.3) is 0 Å². The fraction of sp³-hybridized carbons (Fsp3) is 0.158. The predicted molar refractivity (Wildman–Crippen MR) is 107 cm³/mol. The summed E-state index contributed by atoms with van der Waals surface area (Å²) in [5.74, 6) is -0.682. The monoisotopic (exact) mass is 438 g/mol. The molecule has 0 aliphatic heterocycles. The van der Waals surface area contributed by atoms with Crippen LogP contribution in [-0.2, 0) is 21.2 Å². The second-order valence-corrected chi connectivity index (χ2v) is 8.80. The van der Waals surface area contributed by atoms with Crippen molar-refractivity contribution in [3.05, 3.63) is 75.8 Å². The maximum Gasteiger partial charge on any atom is 0.338 e. The topological polar surface area (TPSA) is 78.3 Å². The molecule has 9 heteroatoms. The van der Waals surface area contributed by atoms with Crippen LogP contribution in [0.4, 0.5) is 0 Å². The lowest BCUT2D eigenvalue weighted by atomic mass is 10.1. The number of aryl methyl sites for hydroxylation is 1. The van der Waals surface area contributed by atoms with Gasteiger partial charge in [-0.15, -0.1) is 0 Å². The Morgan fingerprint density at radius 2 is 1.82 bits per heavy atom. The standard InChI is InChI=1S/C19H16Cl2N2O4S/c1-12-8-9-13(10-16(12)28(2,25)26)18(24)27-11-15-17(20)22-19(21)23(15)14-6-4-3-5-7-14/h3-10H,11H2,1-2H3. The summed E-state index contributed by atoms with van der Waals surface area (Å²) in [4.78, 5) is 16.6. The summed E-state index contributed by atoms with van der Waals surface area (Å²) in [5.41, 5.74) is 1.80. The van der Waals surface area contributed by atoms with E-state index in [1.807, 2.05) is 30.3 Å². The second-order valence-electron chi connectivity index (χ2n) is 6.12. The summed E-state index contributed by atoms with van der Waals surface area (Å²) in [6.45, 7) is 1.47. The second kappa shape index (κ2) is 7.95. The van der Waals surface area contributed by atoms with Crippen molar-refractivity contribution in [2.45, 2.75) is 18.4 Å². The van der Waals surface area contributed by atoms with Gasteiger partial charge in [-0.25, -0.2) is 18.2 Å². The van der Waals surface area contributed by atoms with Gasteiger partial charge in [0.05, 0.1) is 10.5 Å². The Morgan fingerprint density at radius 3 is 2.46 bits per heavy atom. The molecular weight excluding hydrogens is 423 g/mol. The molecule has 3 aromatic rings. The van der Waals surface area contributed by atoms with Crippen LogP contribution < -0.4 is 0 Å². The van der Waals surface area contributed by atoms with E-state index in [4.69, 9.17) is 27.9 Å². The maximum absolute atomic E-state index is 12.5. The highest BCUT2D eigenvalue weighted by Crippen LogP contribution is 2.26. The van der Waals surface area contributed by atoms with Crippen molar-refractivity contribution in [2.24, 2.45) is 0 Å². The Hall–Kier alpha value is -2.35. The Balaban J connectivity index is 1.87. The van der Waals surface area contributed by atoms with Crippen LogP contribution in [0.1, 0.15) is 21.6 Å². The minimum Gasteiger partial charge on any atom is -0.456 e. The first-order valence-electron chi connectivity index (χ1n) is 8.14. The van der Waals surface area contributed by atoms with Crippen LogP contribution in [0, 0.1) is 6.92 Å². The zero-order chi connectivity index (χ0) is 20.5. The Kier molecular flexibility index (Phi) is 5.79. The van der Waals surface area contributed by atoms with Crippen LogP contribution >= 0.6 is 23.2 Å². The zero-order valence-corrected chi connectivity index (χ0v) is 17.3. The molecule has 0 unspecified atom stereocenters. The Bertz CT molecular complexity index is 1140. The van der Waals surface area contributed by atoms with Crippen molar-refractivity contribution in [3.63, 3.8) is 0 Å². The number of esters is 1. The average Bonchev–Trinajstić information content (AvgIpc) is 2.93. The van der Waals surface area contributed by atoms with Gasteiger partial charge < -0.3 is 4.74 Å². The van der Waals surface area contributed by atoms with E-state index in [1.54, 1.807) is 17.6 Å². The number of carbonyl (C=O) groups excluding carboxylic acids is 1. The van der Waals surface area contributed by atoms with Crippen molar-refractivity contribution in [2.75, 3.05) is 6.26 Å². The van der Waals surface area contributed by atoms with E-state index in [0.717, 1.165) is 6.26 Å². The molecule has 2 aromatic carbocycles. The summed E-state index contributed by atoms with van der Waals surface area (Å²) in [6, 6.07) is 13.5. The molecule has 0 saturated heterocycles. The number of hydrogen-bond acceptors (Lipinski definition) is 5. The third-order valence-corrected chi connectivity index (χ3v) is 5.86. The SMILES string of the molecule is Cc1ccc(C(=O)OCc2c(Cl)nc(Cl)n2-c2ccccc2)cc1S(C)(=O)=O. The minimum absolute atomic E-state index is 0.0809. The smallest absolute Gasteiger partial charge is 0.338 e. The van der Waals surface area contributed by atoms with Gasteiger partial charge >= 0.3 is 5.97 Å². The molecule has 3 rings (SSSR count). The highest BCUT2D eigenvalue weighted by atomic mass is 35.5. The molecule has 0 aliphatic rings. The van der Waals surface area contributed by atoms with Crippen molar-refractivity contribution in [3.8, 4) is 5.69 Å². The van der Waals surface area contributed by atoms with Crippen LogP contribution in [0.25, 0.3) is 5.69 Å². The number of rotatable bonds is 5. The van der Waals surface area contributed by atoms with Crippen molar-refractivity contribution < 1.29 is 17.9 Å². The highest BCUT2D eigenvalue weighted by molar-refractivity contribution is 7.90. The van der Waals surface area contributed by atoms with Crippen molar-refractivity contribution in [1.82, 2.24) is 9.55 Å². The molecule has 0 atom stereocenters. The molecule has 0 bridgehead atoms. The van der Waals surface area contributed by atoms with Gasteiger partial charge in [-0.1, -0.05) is 35.9 Å². The summed E-state index contributed by atoms with van der Waals surface area (Å²) in [5, 5.41) is 0.249. The van der Waals surface area contributed by atoms with Gasteiger partial charge in [0.1, 0.15) is 12.3 Å². The van der Waals surface area contributed by atoms with E-state index in [-0.39, 0.29) is 27.5 Å². The lowest BCUT2D eigenvalue weighted by Crippen LogP contribution is -2.10. The van der Waals surface area contributed by atoms with Gasteiger partial charge in [0, 0.05) is 11.9 Å². The van der Waals surface area contributed by atoms with Crippen molar-refractivity contribution in [1.29, 1.82) is 0 Å². The quantitative estimate of drug-likeness (QED) is 0.556. The minimum atomic E-state index is -3.46. The first kappa shape index (κ1) is 20.4. The molecule has 1 heterocycles. The molecular formula is C19H16Cl2N2O4S. The van der Waals surface area contributed by atoms with Crippen molar-refractivity contribution >= 4 is 39.0 Å². The normalized spacial score (nSPS) is 11.4. The van der Waals surface area contributed by atoms with E-state index in [2.05, 4.69) is 4.98 Å². The number of carbonyl (C=O) groups is 1. The fourth-order valence-electron chi connectivity index (χ4n) is 2.71. The van der Waals surface area contributed by atoms with Crippen LogP contribution in [0.5, 0.6) is 0 Å². The van der Waals surface area contributed by atoms with Crippen LogP contribution in [0.2, 0.25) is 10.4 Å². The van der Waals surface area contributed by atoms with E-state index in [9.17, 15) is 13.2 Å². The predicted octanol–water partition coefficient (Wildman–Crippen LogP) is 4.25. The number of ether oxygens (including phenoxy) is 1. The van der Waals surface area contributed by atoms with E-state index in [0.29, 0.717) is 16.9 Å². The molecule has 0 fully saturated rings. The molecule has 0 aliphatic carbocycles. The molecule has 0 saturated carbocycles. The summed E-state index contributed by atoms with van der Waals surface area (Å²) < 4.78 is 30.6. The number of para-hydroxylation sites is 1. The largest absolute Gasteiger partial charge is 0.456 e. The first-order valence-corrected chi connectivity index (χ1v) is 10.8. The molecule has 0 N–H and O–H groups in total. The van der Waals surface area contributed by atoms with Crippen LogP contribution in [0.15, 0.2) is 53.4 Å². The van der Waals surface area contributed by atoms with Gasteiger partial charge in [0.2, 0.25) is 5.28 Å². The number of nitrogens with zero attached hydrogens (tertiary/aromatic N) is 2. The van der Waals surface area contributed by atoms with E-state index < -0.39 is 15.8 Å². The number of sulfone groups is 1. The van der Waals surface area contributed by atoms with Gasteiger partial charge in [-0.05, 0) is 48.4 Å². The van der Waals surface area contributed by atoms with E-state index >= 15 is 0 Å². The third-order valence-electron chi connectivity index (χ3n) is 4.06. The summed E-state index contributed by atoms with van der Waals surface area (Å²) in [6.07, 6.45) is 1.09. The first-order chi connectivity index (χ1) is 13.2. The number of aromatic nitrogens is 2. The number of imidazole rings is 1. The molecule has 0 amide bonds. The molecule has 1 aromatic heterocycles. The van der Waals surface area contributed by atoms with Gasteiger partial charge in [-0.2, -0.15) is 0 Å². The Morgan fingerprint density at radius 1 is 1.14 bits per heavy atom. The highest BCUT2D eigenvalue weighted by Gasteiger charge is 2.20. The van der Waals surface area contributed by atoms with Crippen LogP contribution in [-0.4, -0.2) is 30.2 Å². The van der Waals surface area contributed by atoms with E-state index in [1.165, 1.54) is 12.1 Å². The lowest BCUT2D eigenvalue weighted by molar-refractivity contribution is 0.0466. The molecule has 0 spiro atoms. The zero-order valence-electron chi connectivity index (χ0n) is 15.0. The maximum atomic E-state index is 12.5. The molecule has 0 radical (unpaired) electrons. The number of halogens is 2. The average molecular weight is 439 g/mol. The number of hydrogen-bond donors (Lipinski definition) is 0. The Labute approximate surface area is 172 Å². The summed E-state index contributed by atoms with van der Waals surface area (Å²) in [7, 11) is -3.46. The third kappa shape index (κ3) is 4.22. The van der Waals surface area contributed by atoms with Gasteiger partial charge in [0.15, 0.2) is 15.0 Å². The molecule has 28 heavy (non-hydrogen) atoms. The van der Waals surface area contributed by atoms with Gasteiger partial charge in [-0.3, -0.25) is 4.57 Å². The lowest BCUT2D eigenvalue weighted by Gasteiger charge is -2.11. The van der Waals surface area contributed by atoms with Crippen LogP contribution in [0.3, 0.4) is 0 Å². The molecule has 146 valence electrons. The summed E-state index contributed by atoms with van der Waals surface area (Å²) >= 11 is 12.3. The molecule has 6 nitrogen and oxygen atoms in total. The number of benzene rings is 2.